The van der Waals surface area contributed by atoms with Crippen molar-refractivity contribution in [2.75, 3.05) is 10.6 Å². The molecule has 0 aliphatic heterocycles. The number of benzene rings is 1. The summed E-state index contributed by atoms with van der Waals surface area (Å²) in [5.41, 5.74) is 0.208. The number of pyridine rings is 1. The van der Waals surface area contributed by atoms with Gasteiger partial charge in [0.25, 0.3) is 16.4 Å². The average molecular weight is 337 g/mol. The zero-order chi connectivity index (χ0) is 18.0. The number of nitrogens with zero attached hydrogens (tertiary/aromatic N) is 1. The molecule has 1 aromatic heterocycles. The van der Waals surface area contributed by atoms with Crippen LogP contribution >= 0.6 is 0 Å². The first-order chi connectivity index (χ1) is 12.0. The van der Waals surface area contributed by atoms with E-state index in [2.05, 4.69) is 10.6 Å². The Kier molecular flexibility index (Phi) is 4.52. The summed E-state index contributed by atoms with van der Waals surface area (Å²) < 4.78 is 1.40. The zero-order valence-corrected chi connectivity index (χ0v) is 14.1. The number of aryl methyl sites for hydroxylation is 1. The molecule has 0 aliphatic carbocycles. The Balaban J connectivity index is 1.90. The highest BCUT2D eigenvalue weighted by molar-refractivity contribution is 5.78. The number of nitrogens with one attached hydrogen (secondary N) is 2. The van der Waals surface area contributed by atoms with Crippen LogP contribution in [0.25, 0.3) is 0 Å². The molecule has 0 bridgehead atoms. The summed E-state index contributed by atoms with van der Waals surface area (Å²) in [6.45, 7) is 2.00. The van der Waals surface area contributed by atoms with Gasteiger partial charge in [0.1, 0.15) is 17.1 Å². The highest BCUT2D eigenvalue weighted by Crippen LogP contribution is 2.26. The molecule has 0 spiro atoms. The monoisotopic (exact) mass is 337 g/mol. The quantitative estimate of drug-likeness (QED) is 0.675. The van der Waals surface area contributed by atoms with Crippen LogP contribution in [0.5, 0.6) is 0 Å². The number of anilines is 3. The Morgan fingerprint density at radius 2 is 1.64 bits per heavy atom. The van der Waals surface area contributed by atoms with Crippen molar-refractivity contribution in [3.05, 3.63) is 85.0 Å². The Bertz CT molecular complexity index is 1010. The molecule has 0 unspecified atom stereocenters. The smallest absolute Gasteiger partial charge is 0.273 e. The fraction of sp³-hybridized carbons (Fsp3) is 0.211. The molecule has 0 fully saturated rings. The fourth-order valence-corrected chi connectivity index (χ4v) is 2.76. The lowest BCUT2D eigenvalue weighted by molar-refractivity contribution is 0.747. The lowest BCUT2D eigenvalue weighted by atomic mass is 10.0. The molecular weight excluding hydrogens is 318 g/mol. The molecule has 6 nitrogen and oxygen atoms in total. The van der Waals surface area contributed by atoms with E-state index < -0.39 is 10.9 Å². The molecule has 0 aliphatic rings. The molecule has 3 rings (SSSR count). The molecular formula is C19H19N3O3. The number of hydrogen-bond donors (Lipinski definition) is 2. The lowest BCUT2D eigenvalue weighted by Gasteiger charge is -2.22. The normalized spacial score (nSPS) is 12.1. The van der Waals surface area contributed by atoms with Gasteiger partial charge in [-0.15, -0.1) is 0 Å². The van der Waals surface area contributed by atoms with Crippen molar-refractivity contribution in [1.82, 2.24) is 4.57 Å². The number of aromatic nitrogens is 1. The first-order valence-electron chi connectivity index (χ1n) is 8.10. The van der Waals surface area contributed by atoms with Gasteiger partial charge in [-0.05, 0) is 24.1 Å². The second-order valence-corrected chi connectivity index (χ2v) is 5.89. The van der Waals surface area contributed by atoms with Crippen molar-refractivity contribution in [3.8, 4) is 0 Å². The third-order valence-corrected chi connectivity index (χ3v) is 4.22. The largest absolute Gasteiger partial charge is 0.373 e. The maximum Gasteiger partial charge on any atom is 0.273 e. The summed E-state index contributed by atoms with van der Waals surface area (Å²) in [7, 11) is 1.62. The van der Waals surface area contributed by atoms with Gasteiger partial charge in [0.15, 0.2) is 0 Å². The van der Waals surface area contributed by atoms with E-state index in [0.29, 0.717) is 0 Å². The summed E-state index contributed by atoms with van der Waals surface area (Å²) in [5.74, 6) is 0. The van der Waals surface area contributed by atoms with E-state index in [1.54, 1.807) is 25.4 Å². The van der Waals surface area contributed by atoms with Gasteiger partial charge in [0.05, 0.1) is 6.04 Å². The predicted molar refractivity (Wildman–Crippen MR) is 99.4 cm³/mol. The van der Waals surface area contributed by atoms with Gasteiger partial charge in [0.2, 0.25) is 0 Å². The average Bonchev–Trinajstić information content (AvgIpc) is 2.64. The first-order valence-corrected chi connectivity index (χ1v) is 8.10. The standard InChI is InChI=1S/C19H19N3O3/c1-3-13(12-8-5-4-6-9-12)20-15-16(18(24)17(15)23)21-14-10-7-11-22(2)19(14)25/h4-11,13,20-21H,3H2,1-2H3/t13-/m1/s1. The molecule has 1 atom stereocenters. The minimum absolute atomic E-state index is 0.0938. The van der Waals surface area contributed by atoms with Crippen LogP contribution in [0.4, 0.5) is 17.1 Å². The molecule has 128 valence electrons. The molecule has 2 aromatic carbocycles. The lowest BCUT2D eigenvalue weighted by Crippen LogP contribution is -2.38. The van der Waals surface area contributed by atoms with Gasteiger partial charge in [-0.25, -0.2) is 0 Å². The Morgan fingerprint density at radius 1 is 0.960 bits per heavy atom. The van der Waals surface area contributed by atoms with Crippen molar-refractivity contribution in [2.45, 2.75) is 19.4 Å². The van der Waals surface area contributed by atoms with Crippen molar-refractivity contribution < 1.29 is 0 Å². The molecule has 1 heterocycles. The Morgan fingerprint density at radius 3 is 2.32 bits per heavy atom. The van der Waals surface area contributed by atoms with Crippen LogP contribution in [-0.4, -0.2) is 4.57 Å². The van der Waals surface area contributed by atoms with Crippen LogP contribution in [0.1, 0.15) is 24.9 Å². The van der Waals surface area contributed by atoms with E-state index in [4.69, 9.17) is 0 Å². The molecule has 0 amide bonds. The molecule has 0 saturated heterocycles. The summed E-state index contributed by atoms with van der Waals surface area (Å²) in [6.07, 6.45) is 2.37. The SMILES string of the molecule is CC[C@@H](Nc1c(Nc2cccn(C)c2=O)c(=O)c1=O)c1ccccc1. The highest BCUT2D eigenvalue weighted by Gasteiger charge is 2.24. The van der Waals surface area contributed by atoms with Gasteiger partial charge < -0.3 is 15.2 Å². The van der Waals surface area contributed by atoms with Crippen molar-refractivity contribution >= 4 is 17.1 Å². The second kappa shape index (κ2) is 6.76. The van der Waals surface area contributed by atoms with E-state index in [0.717, 1.165) is 12.0 Å². The van der Waals surface area contributed by atoms with Crippen LogP contribution < -0.4 is 27.1 Å². The molecule has 2 N–H and O–H groups in total. The van der Waals surface area contributed by atoms with Gasteiger partial charge in [-0.3, -0.25) is 14.4 Å². The van der Waals surface area contributed by atoms with Crippen LogP contribution in [0.2, 0.25) is 0 Å². The van der Waals surface area contributed by atoms with Gasteiger partial charge in [-0.1, -0.05) is 37.3 Å². The Labute approximate surface area is 144 Å². The second-order valence-electron chi connectivity index (χ2n) is 5.89. The van der Waals surface area contributed by atoms with E-state index in [9.17, 15) is 14.4 Å². The zero-order valence-electron chi connectivity index (χ0n) is 14.1. The van der Waals surface area contributed by atoms with Crippen molar-refractivity contribution in [2.24, 2.45) is 7.05 Å². The summed E-state index contributed by atoms with van der Waals surface area (Å²) in [4.78, 5) is 36.1. The van der Waals surface area contributed by atoms with E-state index in [1.165, 1.54) is 4.57 Å². The minimum atomic E-state index is -0.615. The maximum atomic E-state index is 12.1. The molecule has 6 heteroatoms. The number of hydrogen-bond acceptors (Lipinski definition) is 5. The van der Waals surface area contributed by atoms with Crippen LogP contribution in [0.3, 0.4) is 0 Å². The maximum absolute atomic E-state index is 12.1. The van der Waals surface area contributed by atoms with Crippen molar-refractivity contribution in [3.63, 3.8) is 0 Å². The van der Waals surface area contributed by atoms with Crippen molar-refractivity contribution in [1.29, 1.82) is 0 Å². The molecule has 0 radical (unpaired) electrons. The van der Waals surface area contributed by atoms with Gasteiger partial charge >= 0.3 is 0 Å². The third kappa shape index (κ3) is 3.10. The summed E-state index contributed by atoms with van der Waals surface area (Å²) in [5, 5.41) is 5.95. The van der Waals surface area contributed by atoms with E-state index in [1.807, 2.05) is 37.3 Å². The third-order valence-electron chi connectivity index (χ3n) is 4.22. The molecule has 3 aromatic rings. The highest BCUT2D eigenvalue weighted by atomic mass is 16.2. The predicted octanol–water partition coefficient (Wildman–Crippen LogP) is 2.29. The topological polar surface area (TPSA) is 80.2 Å². The van der Waals surface area contributed by atoms with E-state index in [-0.39, 0.29) is 28.7 Å². The van der Waals surface area contributed by atoms with Gasteiger partial charge in [0, 0.05) is 13.2 Å². The van der Waals surface area contributed by atoms with Crippen LogP contribution in [-0.2, 0) is 7.05 Å². The van der Waals surface area contributed by atoms with E-state index >= 15 is 0 Å². The first kappa shape index (κ1) is 16.7. The summed E-state index contributed by atoms with van der Waals surface area (Å²) >= 11 is 0. The fourth-order valence-electron chi connectivity index (χ4n) is 2.76. The van der Waals surface area contributed by atoms with Crippen LogP contribution in [0.15, 0.2) is 63.0 Å². The Hall–Kier alpha value is -3.15. The summed E-state index contributed by atoms with van der Waals surface area (Å²) in [6, 6.07) is 12.9. The molecule has 0 saturated carbocycles. The van der Waals surface area contributed by atoms with Gasteiger partial charge in [-0.2, -0.15) is 0 Å². The minimum Gasteiger partial charge on any atom is -0.373 e. The van der Waals surface area contributed by atoms with Crippen LogP contribution in [0, 0.1) is 0 Å². The molecule has 25 heavy (non-hydrogen) atoms. The number of rotatable bonds is 6.